The largest absolute Gasteiger partial charge is 0.478 e. The molecule has 22 heavy (non-hydrogen) atoms. The van der Waals surface area contributed by atoms with Crippen molar-refractivity contribution in [3.8, 4) is 0 Å². The van der Waals surface area contributed by atoms with Crippen LogP contribution in [0.25, 0.3) is 0 Å². The molecule has 0 radical (unpaired) electrons. The molecule has 0 aliphatic rings. The highest BCUT2D eigenvalue weighted by Gasteiger charge is 2.17. The Morgan fingerprint density at radius 3 is 2.27 bits per heavy atom. The van der Waals surface area contributed by atoms with Gasteiger partial charge in [0.25, 0.3) is 0 Å². The van der Waals surface area contributed by atoms with Crippen molar-refractivity contribution in [2.24, 2.45) is 5.92 Å². The van der Waals surface area contributed by atoms with E-state index in [1.54, 1.807) is 0 Å². The highest BCUT2D eigenvalue weighted by molar-refractivity contribution is 5.93. The van der Waals surface area contributed by atoms with Gasteiger partial charge in [-0.05, 0) is 36.1 Å². The van der Waals surface area contributed by atoms with E-state index in [4.69, 9.17) is 5.11 Å². The Kier molecular flexibility index (Phi) is 7.64. The van der Waals surface area contributed by atoms with Gasteiger partial charge in [0.15, 0.2) is 0 Å². The monoisotopic (exact) mass is 306 g/mol. The molecule has 0 saturated heterocycles. The molecular formula is C18H26O4. The average Bonchev–Trinajstić information content (AvgIpc) is 2.47. The third-order valence-corrected chi connectivity index (χ3v) is 4.00. The maximum atomic E-state index is 11.4. The summed E-state index contributed by atoms with van der Waals surface area (Å²) < 4.78 is 0. The van der Waals surface area contributed by atoms with Crippen LogP contribution in [-0.4, -0.2) is 22.2 Å². The lowest BCUT2D eigenvalue weighted by molar-refractivity contribution is 0.0680. The molecule has 0 aromatic heterocycles. The molecule has 0 bridgehead atoms. The summed E-state index contributed by atoms with van der Waals surface area (Å²) in [5.41, 5.74) is 1.02. The van der Waals surface area contributed by atoms with Crippen LogP contribution in [0.5, 0.6) is 0 Å². The minimum absolute atomic E-state index is 0.156. The molecule has 0 aliphatic heterocycles. The third kappa shape index (κ3) is 5.51. The number of hydrogen-bond donors (Lipinski definition) is 2. The fourth-order valence-corrected chi connectivity index (χ4v) is 2.85. The first kappa shape index (κ1) is 18.2. The summed E-state index contributed by atoms with van der Waals surface area (Å²) in [5, 5.41) is 18.4. The van der Waals surface area contributed by atoms with Crippen molar-refractivity contribution in [1.29, 1.82) is 0 Å². The van der Waals surface area contributed by atoms with E-state index in [9.17, 15) is 14.7 Å². The van der Waals surface area contributed by atoms with Crippen molar-refractivity contribution >= 4 is 11.9 Å². The molecule has 0 saturated carbocycles. The maximum Gasteiger partial charge on any atom is 0.335 e. The smallest absolute Gasteiger partial charge is 0.335 e. The first-order chi connectivity index (χ1) is 10.5. The number of aromatic carboxylic acids is 2. The molecule has 1 aromatic rings. The quantitative estimate of drug-likeness (QED) is 0.618. The molecule has 122 valence electrons. The van der Waals surface area contributed by atoms with Crippen LogP contribution in [0.1, 0.15) is 78.7 Å². The summed E-state index contributed by atoms with van der Waals surface area (Å²) in [6, 6.07) is 4.30. The molecule has 1 rings (SSSR count). The van der Waals surface area contributed by atoms with Gasteiger partial charge in [-0.3, -0.25) is 0 Å². The molecule has 0 fully saturated rings. The Labute approximate surface area is 132 Å². The van der Waals surface area contributed by atoms with Gasteiger partial charge < -0.3 is 10.2 Å². The molecule has 0 spiro atoms. The second-order valence-electron chi connectivity index (χ2n) is 5.84. The zero-order valence-electron chi connectivity index (χ0n) is 13.5. The summed E-state index contributed by atoms with van der Waals surface area (Å²) in [6.45, 7) is 4.28. The number of rotatable bonds is 10. The fraction of sp³-hybridized carbons (Fsp3) is 0.556. The standard InChI is InChI=1S/C18H26O4/c1-3-5-6-8-13(7-4-2)11-15-12-14(17(19)20)9-10-16(15)18(21)22/h9-10,12-13H,3-8,11H2,1-2H3,(H,19,20)(H,21,22). The van der Waals surface area contributed by atoms with Gasteiger partial charge in [-0.1, -0.05) is 52.4 Å². The molecule has 1 unspecified atom stereocenters. The van der Waals surface area contributed by atoms with Crippen molar-refractivity contribution in [1.82, 2.24) is 0 Å². The normalized spacial score (nSPS) is 12.1. The lowest BCUT2D eigenvalue weighted by Crippen LogP contribution is -2.11. The fourth-order valence-electron chi connectivity index (χ4n) is 2.85. The van der Waals surface area contributed by atoms with E-state index in [0.29, 0.717) is 17.9 Å². The Morgan fingerprint density at radius 2 is 1.73 bits per heavy atom. The number of benzene rings is 1. The minimum Gasteiger partial charge on any atom is -0.478 e. The van der Waals surface area contributed by atoms with Crippen LogP contribution < -0.4 is 0 Å². The van der Waals surface area contributed by atoms with Gasteiger partial charge in [0.05, 0.1) is 11.1 Å². The highest BCUT2D eigenvalue weighted by Crippen LogP contribution is 2.24. The van der Waals surface area contributed by atoms with Crippen molar-refractivity contribution in [2.75, 3.05) is 0 Å². The number of hydrogen-bond acceptors (Lipinski definition) is 2. The first-order valence-electron chi connectivity index (χ1n) is 8.09. The van der Waals surface area contributed by atoms with E-state index < -0.39 is 11.9 Å². The molecule has 0 heterocycles. The van der Waals surface area contributed by atoms with E-state index in [0.717, 1.165) is 32.1 Å². The molecule has 0 amide bonds. The summed E-state index contributed by atoms with van der Waals surface area (Å²) >= 11 is 0. The Balaban J connectivity index is 2.96. The number of carboxylic acids is 2. The summed E-state index contributed by atoms with van der Waals surface area (Å²) in [6.07, 6.45) is 7.29. The van der Waals surface area contributed by atoms with Gasteiger partial charge in [0, 0.05) is 0 Å². The highest BCUT2D eigenvalue weighted by atomic mass is 16.4. The average molecular weight is 306 g/mol. The summed E-state index contributed by atoms with van der Waals surface area (Å²) in [5.74, 6) is -1.59. The molecule has 4 nitrogen and oxygen atoms in total. The lowest BCUT2D eigenvalue weighted by Gasteiger charge is -2.17. The predicted octanol–water partition coefficient (Wildman–Crippen LogP) is 4.62. The number of carbonyl (C=O) groups is 2. The van der Waals surface area contributed by atoms with E-state index in [-0.39, 0.29) is 11.1 Å². The van der Waals surface area contributed by atoms with Crippen LogP contribution in [-0.2, 0) is 6.42 Å². The van der Waals surface area contributed by atoms with Crippen molar-refractivity contribution in [3.05, 3.63) is 34.9 Å². The third-order valence-electron chi connectivity index (χ3n) is 4.00. The van der Waals surface area contributed by atoms with Gasteiger partial charge >= 0.3 is 11.9 Å². The Bertz CT molecular complexity index is 508. The molecule has 0 aliphatic carbocycles. The van der Waals surface area contributed by atoms with Crippen LogP contribution in [0.4, 0.5) is 0 Å². The van der Waals surface area contributed by atoms with Crippen molar-refractivity contribution in [2.45, 2.75) is 58.8 Å². The topological polar surface area (TPSA) is 74.6 Å². The van der Waals surface area contributed by atoms with Crippen LogP contribution in [0.2, 0.25) is 0 Å². The summed E-state index contributed by atoms with van der Waals surface area (Å²) in [7, 11) is 0. The second kappa shape index (κ2) is 9.23. The lowest BCUT2D eigenvalue weighted by atomic mass is 9.87. The second-order valence-corrected chi connectivity index (χ2v) is 5.84. The van der Waals surface area contributed by atoms with E-state index >= 15 is 0 Å². The number of unbranched alkanes of at least 4 members (excludes halogenated alkanes) is 2. The Morgan fingerprint density at radius 1 is 1.00 bits per heavy atom. The minimum atomic E-state index is -1.02. The van der Waals surface area contributed by atoms with Gasteiger partial charge in [-0.15, -0.1) is 0 Å². The van der Waals surface area contributed by atoms with Crippen LogP contribution in [0, 0.1) is 5.92 Å². The maximum absolute atomic E-state index is 11.4. The Hall–Kier alpha value is -1.84. The van der Waals surface area contributed by atoms with Crippen LogP contribution >= 0.6 is 0 Å². The summed E-state index contributed by atoms with van der Waals surface area (Å²) in [4.78, 5) is 22.5. The molecule has 1 aromatic carbocycles. The molecule has 2 N–H and O–H groups in total. The van der Waals surface area contributed by atoms with Gasteiger partial charge in [0.2, 0.25) is 0 Å². The molecule has 1 atom stereocenters. The van der Waals surface area contributed by atoms with Crippen LogP contribution in [0.3, 0.4) is 0 Å². The number of carboxylic acid groups (broad SMARTS) is 2. The molecular weight excluding hydrogens is 280 g/mol. The van der Waals surface area contributed by atoms with E-state index in [1.165, 1.54) is 24.6 Å². The predicted molar refractivity (Wildman–Crippen MR) is 86.6 cm³/mol. The zero-order chi connectivity index (χ0) is 16.5. The SMILES string of the molecule is CCCCCC(CCC)Cc1cc(C(=O)O)ccc1C(=O)O. The first-order valence-corrected chi connectivity index (χ1v) is 8.09. The van der Waals surface area contributed by atoms with Crippen molar-refractivity contribution < 1.29 is 19.8 Å². The van der Waals surface area contributed by atoms with Crippen LogP contribution in [0.15, 0.2) is 18.2 Å². The van der Waals surface area contributed by atoms with Gasteiger partial charge in [0.1, 0.15) is 0 Å². The van der Waals surface area contributed by atoms with E-state index in [2.05, 4.69) is 13.8 Å². The van der Waals surface area contributed by atoms with E-state index in [1.807, 2.05) is 0 Å². The van der Waals surface area contributed by atoms with Gasteiger partial charge in [-0.25, -0.2) is 9.59 Å². The zero-order valence-corrected chi connectivity index (χ0v) is 13.5. The molecule has 4 heteroatoms. The van der Waals surface area contributed by atoms with Crippen molar-refractivity contribution in [3.63, 3.8) is 0 Å². The van der Waals surface area contributed by atoms with Gasteiger partial charge in [-0.2, -0.15) is 0 Å².